The molecule has 130 valence electrons. The summed E-state index contributed by atoms with van der Waals surface area (Å²) in [5, 5.41) is 9.88. The molecule has 5 rings (SSSR count). The molecule has 1 aliphatic carbocycles. The first kappa shape index (κ1) is 16.6. The van der Waals surface area contributed by atoms with Crippen LogP contribution in [0.25, 0.3) is 11.1 Å². The van der Waals surface area contributed by atoms with E-state index in [-0.39, 0.29) is 11.2 Å². The summed E-state index contributed by atoms with van der Waals surface area (Å²) >= 11 is 2.35. The van der Waals surface area contributed by atoms with Gasteiger partial charge in [0.15, 0.2) is 0 Å². The van der Waals surface area contributed by atoms with Gasteiger partial charge in [-0.3, -0.25) is 0 Å². The van der Waals surface area contributed by atoms with Crippen LogP contribution in [0, 0.1) is 3.57 Å². The zero-order chi connectivity index (χ0) is 18.4. The van der Waals surface area contributed by atoms with E-state index < -0.39 is 0 Å². The zero-order valence-electron chi connectivity index (χ0n) is 14.6. The SMILES string of the molecule is Oc1ccc(C2(c3ccc(I)cc3)c3ccccc3-c3ccccc32)cc1. The van der Waals surface area contributed by atoms with Gasteiger partial charge in [0.2, 0.25) is 0 Å². The molecule has 0 radical (unpaired) electrons. The largest absolute Gasteiger partial charge is 0.508 e. The maximum atomic E-state index is 9.88. The Morgan fingerprint density at radius 1 is 0.556 bits per heavy atom. The highest BCUT2D eigenvalue weighted by Crippen LogP contribution is 2.55. The van der Waals surface area contributed by atoms with Gasteiger partial charge in [0.1, 0.15) is 5.75 Å². The fourth-order valence-corrected chi connectivity index (χ4v) is 4.79. The highest BCUT2D eigenvalue weighted by atomic mass is 127. The molecule has 1 N–H and O–H groups in total. The van der Waals surface area contributed by atoms with Crippen molar-refractivity contribution in [1.82, 2.24) is 0 Å². The summed E-state index contributed by atoms with van der Waals surface area (Å²) in [5.41, 5.74) is 7.16. The normalized spacial score (nSPS) is 13.8. The number of phenolic OH excluding ortho intramolecular Hbond substituents is 1. The predicted molar refractivity (Wildman–Crippen MR) is 118 cm³/mol. The minimum absolute atomic E-state index is 0.288. The fraction of sp³-hybridized carbons (Fsp3) is 0.0400. The molecule has 0 unspecified atom stereocenters. The van der Waals surface area contributed by atoms with Crippen molar-refractivity contribution >= 4 is 22.6 Å². The lowest BCUT2D eigenvalue weighted by Crippen LogP contribution is -2.28. The minimum atomic E-state index is -0.384. The third kappa shape index (κ3) is 2.36. The molecule has 0 aliphatic heterocycles. The Bertz CT molecular complexity index is 1030. The molecule has 4 aromatic rings. The molecule has 2 heteroatoms. The van der Waals surface area contributed by atoms with Gasteiger partial charge in [-0.1, -0.05) is 72.8 Å². The van der Waals surface area contributed by atoms with Crippen molar-refractivity contribution in [1.29, 1.82) is 0 Å². The lowest BCUT2D eigenvalue weighted by molar-refractivity contribution is 0.475. The number of hydrogen-bond acceptors (Lipinski definition) is 1. The summed E-state index contributed by atoms with van der Waals surface area (Å²) in [7, 11) is 0. The Labute approximate surface area is 172 Å². The second kappa shape index (κ2) is 6.24. The van der Waals surface area contributed by atoms with E-state index >= 15 is 0 Å². The van der Waals surface area contributed by atoms with Crippen LogP contribution in [-0.4, -0.2) is 5.11 Å². The van der Waals surface area contributed by atoms with Crippen molar-refractivity contribution in [2.75, 3.05) is 0 Å². The van der Waals surface area contributed by atoms with Crippen molar-refractivity contribution < 1.29 is 5.11 Å². The van der Waals surface area contributed by atoms with Gasteiger partial charge in [-0.05, 0) is 80.2 Å². The second-order valence-electron chi connectivity index (χ2n) is 6.89. The first-order chi connectivity index (χ1) is 13.2. The molecule has 0 aromatic heterocycles. The van der Waals surface area contributed by atoms with Gasteiger partial charge in [0.05, 0.1) is 5.41 Å². The summed E-state index contributed by atoms with van der Waals surface area (Å²) in [5.74, 6) is 0.288. The highest BCUT2D eigenvalue weighted by Gasteiger charge is 2.45. The van der Waals surface area contributed by atoms with Gasteiger partial charge in [0, 0.05) is 3.57 Å². The van der Waals surface area contributed by atoms with Gasteiger partial charge >= 0.3 is 0 Å². The number of fused-ring (bicyclic) bond motifs is 3. The number of rotatable bonds is 2. The van der Waals surface area contributed by atoms with E-state index in [9.17, 15) is 5.11 Å². The zero-order valence-corrected chi connectivity index (χ0v) is 16.7. The van der Waals surface area contributed by atoms with Crippen LogP contribution >= 0.6 is 22.6 Å². The topological polar surface area (TPSA) is 20.2 Å². The molecule has 0 atom stereocenters. The molecule has 0 spiro atoms. The van der Waals surface area contributed by atoms with Gasteiger partial charge < -0.3 is 5.11 Å². The van der Waals surface area contributed by atoms with Crippen LogP contribution in [0.5, 0.6) is 5.75 Å². The minimum Gasteiger partial charge on any atom is -0.508 e. The first-order valence-corrected chi connectivity index (χ1v) is 10.0. The molecule has 0 saturated heterocycles. The summed E-state index contributed by atoms with van der Waals surface area (Å²) in [4.78, 5) is 0. The first-order valence-electron chi connectivity index (χ1n) is 8.96. The number of hydrogen-bond donors (Lipinski definition) is 1. The average Bonchev–Trinajstić information content (AvgIpc) is 3.01. The lowest BCUT2D eigenvalue weighted by atomic mass is 9.68. The third-order valence-corrected chi connectivity index (χ3v) is 6.25. The summed E-state index contributed by atoms with van der Waals surface area (Å²) in [6.45, 7) is 0. The van der Waals surface area contributed by atoms with Crippen LogP contribution in [0.15, 0.2) is 97.1 Å². The Morgan fingerprint density at radius 2 is 1.00 bits per heavy atom. The Hall–Kier alpha value is -2.59. The average molecular weight is 460 g/mol. The molecule has 0 saturated carbocycles. The van der Waals surface area contributed by atoms with E-state index in [0.29, 0.717) is 0 Å². The molecule has 1 aliphatic rings. The van der Waals surface area contributed by atoms with E-state index in [2.05, 4.69) is 95.4 Å². The number of aromatic hydroxyl groups is 1. The third-order valence-electron chi connectivity index (χ3n) is 5.53. The molecular weight excluding hydrogens is 443 g/mol. The molecular formula is C25H17IO. The number of benzene rings is 4. The quantitative estimate of drug-likeness (QED) is 0.304. The van der Waals surface area contributed by atoms with E-state index in [1.807, 2.05) is 12.1 Å². The molecule has 0 amide bonds. The Morgan fingerprint density at radius 3 is 1.52 bits per heavy atom. The van der Waals surface area contributed by atoms with Crippen molar-refractivity contribution in [3.8, 4) is 16.9 Å². The predicted octanol–water partition coefficient (Wildman–Crippen LogP) is 6.36. The van der Waals surface area contributed by atoms with Gasteiger partial charge in [0.25, 0.3) is 0 Å². The standard InChI is InChI=1S/C25H17IO/c26-19-13-9-17(10-14-19)25(18-11-15-20(27)16-12-18)23-7-3-1-5-21(23)22-6-2-4-8-24(22)25/h1-16,27H. The molecule has 0 fully saturated rings. The highest BCUT2D eigenvalue weighted by molar-refractivity contribution is 14.1. The lowest BCUT2D eigenvalue weighted by Gasteiger charge is -2.33. The molecule has 27 heavy (non-hydrogen) atoms. The van der Waals surface area contributed by atoms with Crippen LogP contribution < -0.4 is 0 Å². The number of phenols is 1. The van der Waals surface area contributed by atoms with Crippen molar-refractivity contribution in [2.45, 2.75) is 5.41 Å². The van der Waals surface area contributed by atoms with Crippen LogP contribution in [0.3, 0.4) is 0 Å². The van der Waals surface area contributed by atoms with Crippen LogP contribution in [-0.2, 0) is 5.41 Å². The van der Waals surface area contributed by atoms with E-state index in [1.54, 1.807) is 12.1 Å². The summed E-state index contributed by atoms with van der Waals surface area (Å²) < 4.78 is 1.22. The second-order valence-corrected chi connectivity index (χ2v) is 8.14. The Kier molecular flexibility index (Phi) is 3.83. The smallest absolute Gasteiger partial charge is 0.115 e. The van der Waals surface area contributed by atoms with Gasteiger partial charge in [-0.25, -0.2) is 0 Å². The summed E-state index contributed by atoms with van der Waals surface area (Å²) in [6, 6.07) is 33.8. The van der Waals surface area contributed by atoms with Crippen molar-refractivity contribution in [3.05, 3.63) is 123 Å². The maximum absolute atomic E-state index is 9.88. The molecule has 0 bridgehead atoms. The molecule has 4 aromatic carbocycles. The fourth-order valence-electron chi connectivity index (χ4n) is 4.44. The van der Waals surface area contributed by atoms with Gasteiger partial charge in [-0.15, -0.1) is 0 Å². The van der Waals surface area contributed by atoms with Crippen molar-refractivity contribution in [3.63, 3.8) is 0 Å². The van der Waals surface area contributed by atoms with Gasteiger partial charge in [-0.2, -0.15) is 0 Å². The molecule has 1 nitrogen and oxygen atoms in total. The van der Waals surface area contributed by atoms with Crippen LogP contribution in [0.1, 0.15) is 22.3 Å². The summed E-state index contributed by atoms with van der Waals surface area (Å²) in [6.07, 6.45) is 0. The van der Waals surface area contributed by atoms with E-state index in [4.69, 9.17) is 0 Å². The Balaban J connectivity index is 1.94. The molecule has 0 heterocycles. The van der Waals surface area contributed by atoms with E-state index in [1.165, 1.54) is 37.0 Å². The van der Waals surface area contributed by atoms with E-state index in [0.717, 1.165) is 0 Å². The maximum Gasteiger partial charge on any atom is 0.115 e. The number of halogens is 1. The van der Waals surface area contributed by atoms with Crippen LogP contribution in [0.2, 0.25) is 0 Å². The monoisotopic (exact) mass is 460 g/mol. The van der Waals surface area contributed by atoms with Crippen LogP contribution in [0.4, 0.5) is 0 Å². The van der Waals surface area contributed by atoms with Crippen molar-refractivity contribution in [2.24, 2.45) is 0 Å².